The zero-order chi connectivity index (χ0) is 24.1. The molecule has 0 radical (unpaired) electrons. The summed E-state index contributed by atoms with van der Waals surface area (Å²) in [5.41, 5.74) is 0.699. The maximum Gasteiger partial charge on any atom is 0.315 e. The highest BCUT2D eigenvalue weighted by atomic mass is 16.5. The molecule has 186 valence electrons. The molecule has 3 fully saturated rings. The molecule has 9 heteroatoms. The fourth-order valence-electron chi connectivity index (χ4n) is 5.28. The molecule has 2 saturated heterocycles. The number of nitrogens with one attached hydrogen (secondary N) is 2. The molecule has 1 aromatic carbocycles. The zero-order valence-electron chi connectivity index (χ0n) is 20.2. The standard InChI is InChI=1S/C25H36N4O5/c1-33-21-9-8-20(15-22(21)34-2)29-16-17(14-23(29)30)24(31)28-12-10-19(11-13-28)27-25(32)26-18-6-4-3-5-7-18/h8-9,15,17-19H,3-7,10-14,16H2,1-2H3,(H2,26,27,32). The minimum Gasteiger partial charge on any atom is -0.493 e. The molecule has 1 saturated carbocycles. The summed E-state index contributed by atoms with van der Waals surface area (Å²) in [5, 5.41) is 6.17. The highest BCUT2D eigenvalue weighted by Crippen LogP contribution is 2.34. The first kappa shape index (κ1) is 24.2. The number of nitrogens with zero attached hydrogens (tertiary/aromatic N) is 2. The second-order valence-corrected chi connectivity index (χ2v) is 9.50. The van der Waals surface area contributed by atoms with E-state index in [9.17, 15) is 14.4 Å². The predicted octanol–water partition coefficient (Wildman–Crippen LogP) is 2.68. The van der Waals surface area contributed by atoms with Crippen LogP contribution in [0, 0.1) is 5.92 Å². The van der Waals surface area contributed by atoms with Gasteiger partial charge < -0.3 is 29.9 Å². The van der Waals surface area contributed by atoms with E-state index in [0.717, 1.165) is 25.7 Å². The van der Waals surface area contributed by atoms with Crippen molar-refractivity contribution in [1.82, 2.24) is 15.5 Å². The van der Waals surface area contributed by atoms with Crippen LogP contribution in [0.4, 0.5) is 10.5 Å². The average molecular weight is 473 g/mol. The van der Waals surface area contributed by atoms with Gasteiger partial charge in [-0.3, -0.25) is 9.59 Å². The fourth-order valence-corrected chi connectivity index (χ4v) is 5.28. The largest absolute Gasteiger partial charge is 0.493 e. The fraction of sp³-hybridized carbons (Fsp3) is 0.640. The Bertz CT molecular complexity index is 893. The van der Waals surface area contributed by atoms with Crippen molar-refractivity contribution in [3.8, 4) is 11.5 Å². The topological polar surface area (TPSA) is 100 Å². The SMILES string of the molecule is COc1ccc(N2CC(C(=O)N3CCC(NC(=O)NC4CCCCC4)CC3)CC2=O)cc1OC. The number of likely N-dealkylation sites (tertiary alicyclic amines) is 1. The highest BCUT2D eigenvalue weighted by molar-refractivity contribution is 6.00. The Morgan fingerprint density at radius 3 is 2.21 bits per heavy atom. The smallest absolute Gasteiger partial charge is 0.315 e. The number of benzene rings is 1. The molecule has 2 aliphatic heterocycles. The van der Waals surface area contributed by atoms with Crippen molar-refractivity contribution in [2.24, 2.45) is 5.92 Å². The van der Waals surface area contributed by atoms with Crippen molar-refractivity contribution in [2.75, 3.05) is 38.8 Å². The molecule has 4 rings (SSSR count). The predicted molar refractivity (Wildman–Crippen MR) is 128 cm³/mol. The van der Waals surface area contributed by atoms with Gasteiger partial charge in [-0.2, -0.15) is 0 Å². The Morgan fingerprint density at radius 1 is 0.912 bits per heavy atom. The number of ether oxygens (including phenoxy) is 2. The molecule has 1 unspecified atom stereocenters. The minimum atomic E-state index is -0.361. The lowest BCUT2D eigenvalue weighted by Gasteiger charge is -2.34. The van der Waals surface area contributed by atoms with E-state index >= 15 is 0 Å². The number of urea groups is 1. The third-order valence-corrected chi connectivity index (χ3v) is 7.24. The van der Waals surface area contributed by atoms with E-state index in [1.165, 1.54) is 19.3 Å². The molecular weight excluding hydrogens is 436 g/mol. The molecule has 1 atom stereocenters. The van der Waals surface area contributed by atoms with Gasteiger partial charge in [-0.25, -0.2) is 4.79 Å². The summed E-state index contributed by atoms with van der Waals surface area (Å²) in [5.74, 6) is 0.724. The van der Waals surface area contributed by atoms with Gasteiger partial charge in [0.25, 0.3) is 0 Å². The third-order valence-electron chi connectivity index (χ3n) is 7.24. The quantitative estimate of drug-likeness (QED) is 0.663. The Balaban J connectivity index is 1.26. The van der Waals surface area contributed by atoms with Crippen LogP contribution in [-0.4, -0.2) is 68.7 Å². The first-order valence-corrected chi connectivity index (χ1v) is 12.4. The second kappa shape index (κ2) is 11.0. The monoisotopic (exact) mass is 472 g/mol. The Labute approximate surface area is 201 Å². The van der Waals surface area contributed by atoms with Gasteiger partial charge >= 0.3 is 6.03 Å². The van der Waals surface area contributed by atoms with Crippen molar-refractivity contribution >= 4 is 23.5 Å². The summed E-state index contributed by atoms with van der Waals surface area (Å²) < 4.78 is 10.6. The van der Waals surface area contributed by atoms with Crippen molar-refractivity contribution in [2.45, 2.75) is 63.5 Å². The van der Waals surface area contributed by atoms with E-state index in [0.29, 0.717) is 36.8 Å². The molecular formula is C25H36N4O5. The van der Waals surface area contributed by atoms with Crippen LogP contribution in [0.2, 0.25) is 0 Å². The number of carbonyl (C=O) groups excluding carboxylic acids is 3. The number of rotatable bonds is 6. The van der Waals surface area contributed by atoms with Gasteiger partial charge in [0.2, 0.25) is 11.8 Å². The number of hydrogen-bond acceptors (Lipinski definition) is 5. The van der Waals surface area contributed by atoms with Crippen molar-refractivity contribution in [3.05, 3.63) is 18.2 Å². The van der Waals surface area contributed by atoms with Crippen LogP contribution < -0.4 is 25.0 Å². The maximum atomic E-state index is 13.1. The lowest BCUT2D eigenvalue weighted by atomic mass is 9.96. The van der Waals surface area contributed by atoms with Crippen LogP contribution >= 0.6 is 0 Å². The lowest BCUT2D eigenvalue weighted by molar-refractivity contribution is -0.136. The van der Waals surface area contributed by atoms with E-state index in [4.69, 9.17) is 9.47 Å². The van der Waals surface area contributed by atoms with Crippen LogP contribution in [0.15, 0.2) is 18.2 Å². The van der Waals surface area contributed by atoms with Gasteiger partial charge in [-0.15, -0.1) is 0 Å². The van der Waals surface area contributed by atoms with Gasteiger partial charge in [-0.05, 0) is 37.8 Å². The van der Waals surface area contributed by atoms with Gasteiger partial charge in [0, 0.05) is 49.9 Å². The number of methoxy groups -OCH3 is 2. The van der Waals surface area contributed by atoms with Crippen LogP contribution in [0.5, 0.6) is 11.5 Å². The average Bonchev–Trinajstić information content (AvgIpc) is 3.25. The number of anilines is 1. The third kappa shape index (κ3) is 5.56. The lowest BCUT2D eigenvalue weighted by Crippen LogP contribution is -2.51. The summed E-state index contributed by atoms with van der Waals surface area (Å²) in [4.78, 5) is 41.7. The summed E-state index contributed by atoms with van der Waals surface area (Å²) in [6.45, 7) is 1.54. The Hall–Kier alpha value is -2.97. The molecule has 4 amide bonds. The van der Waals surface area contributed by atoms with Crippen LogP contribution in [0.3, 0.4) is 0 Å². The number of hydrogen-bond donors (Lipinski definition) is 2. The molecule has 2 N–H and O–H groups in total. The highest BCUT2D eigenvalue weighted by Gasteiger charge is 2.38. The van der Waals surface area contributed by atoms with E-state index < -0.39 is 0 Å². The van der Waals surface area contributed by atoms with E-state index in [1.807, 2.05) is 11.0 Å². The number of piperidine rings is 1. The molecule has 34 heavy (non-hydrogen) atoms. The molecule has 0 aromatic heterocycles. The van der Waals surface area contributed by atoms with Crippen molar-refractivity contribution in [1.29, 1.82) is 0 Å². The summed E-state index contributed by atoms with van der Waals surface area (Å²) >= 11 is 0. The molecule has 3 aliphatic rings. The normalized spacial score (nSPS) is 21.9. The molecule has 1 aliphatic carbocycles. The molecule has 0 bridgehead atoms. The van der Waals surface area contributed by atoms with Crippen molar-refractivity contribution < 1.29 is 23.9 Å². The summed E-state index contributed by atoms with van der Waals surface area (Å²) in [6, 6.07) is 5.59. The first-order valence-electron chi connectivity index (χ1n) is 12.4. The van der Waals surface area contributed by atoms with E-state index in [2.05, 4.69) is 10.6 Å². The van der Waals surface area contributed by atoms with Crippen LogP contribution in [0.25, 0.3) is 0 Å². The van der Waals surface area contributed by atoms with Gasteiger partial charge in [0.05, 0.1) is 20.1 Å². The Kier molecular flexibility index (Phi) is 7.80. The number of carbonyl (C=O) groups is 3. The van der Waals surface area contributed by atoms with Gasteiger partial charge in [0.1, 0.15) is 0 Å². The van der Waals surface area contributed by atoms with Crippen LogP contribution in [0.1, 0.15) is 51.4 Å². The Morgan fingerprint density at radius 2 is 1.56 bits per heavy atom. The maximum absolute atomic E-state index is 13.1. The minimum absolute atomic E-state index is 0.0152. The molecule has 9 nitrogen and oxygen atoms in total. The first-order chi connectivity index (χ1) is 16.5. The van der Waals surface area contributed by atoms with Gasteiger partial charge in [0.15, 0.2) is 11.5 Å². The van der Waals surface area contributed by atoms with E-state index in [1.54, 1.807) is 31.3 Å². The summed E-state index contributed by atoms with van der Waals surface area (Å²) in [6.07, 6.45) is 7.38. The van der Waals surface area contributed by atoms with Gasteiger partial charge in [-0.1, -0.05) is 19.3 Å². The molecule has 2 heterocycles. The van der Waals surface area contributed by atoms with Crippen LogP contribution in [-0.2, 0) is 9.59 Å². The molecule has 1 aromatic rings. The zero-order valence-corrected chi connectivity index (χ0v) is 20.2. The number of amides is 4. The summed E-state index contributed by atoms with van der Waals surface area (Å²) in [7, 11) is 3.12. The second-order valence-electron chi connectivity index (χ2n) is 9.50. The van der Waals surface area contributed by atoms with Crippen molar-refractivity contribution in [3.63, 3.8) is 0 Å². The van der Waals surface area contributed by atoms with E-state index in [-0.39, 0.29) is 42.3 Å². The molecule has 0 spiro atoms.